The molecule has 1 heterocycles. The predicted molar refractivity (Wildman–Crippen MR) is 55.8 cm³/mol. The van der Waals surface area contributed by atoms with Gasteiger partial charge in [-0.3, -0.25) is 4.98 Å². The molecule has 0 bridgehead atoms. The summed E-state index contributed by atoms with van der Waals surface area (Å²) in [6, 6.07) is 4.25. The summed E-state index contributed by atoms with van der Waals surface area (Å²) >= 11 is 0. The van der Waals surface area contributed by atoms with Crippen molar-refractivity contribution in [1.29, 1.82) is 0 Å². The van der Waals surface area contributed by atoms with Crippen LogP contribution in [0.1, 0.15) is 24.1 Å². The van der Waals surface area contributed by atoms with Gasteiger partial charge < -0.3 is 5.32 Å². The second-order valence-corrected chi connectivity index (χ2v) is 3.37. The summed E-state index contributed by atoms with van der Waals surface area (Å²) < 4.78 is 0. The first-order chi connectivity index (χ1) is 6.33. The first kappa shape index (κ1) is 10.2. The fourth-order valence-corrected chi connectivity index (χ4v) is 1.28. The van der Waals surface area contributed by atoms with E-state index < -0.39 is 0 Å². The van der Waals surface area contributed by atoms with Gasteiger partial charge >= 0.3 is 0 Å². The Morgan fingerprint density at radius 1 is 1.31 bits per heavy atom. The second-order valence-electron chi connectivity index (χ2n) is 3.37. The third-order valence-electron chi connectivity index (χ3n) is 2.11. The van der Waals surface area contributed by atoms with Crippen molar-refractivity contribution in [2.45, 2.75) is 26.2 Å². The fourth-order valence-electron chi connectivity index (χ4n) is 1.28. The molecule has 1 aromatic rings. The Morgan fingerprint density at radius 3 is 2.77 bits per heavy atom. The third kappa shape index (κ3) is 4.04. The van der Waals surface area contributed by atoms with E-state index in [1.807, 2.05) is 20.2 Å². The van der Waals surface area contributed by atoms with E-state index in [1.54, 1.807) is 0 Å². The molecule has 1 N–H and O–H groups in total. The smallest absolute Gasteiger partial charge is 0.0372 e. The minimum Gasteiger partial charge on any atom is -0.320 e. The van der Waals surface area contributed by atoms with Crippen LogP contribution in [0.25, 0.3) is 0 Å². The van der Waals surface area contributed by atoms with E-state index in [4.69, 9.17) is 0 Å². The SMILES string of the molecule is CNCCCCc1ccc(C)nc1. The van der Waals surface area contributed by atoms with Crippen LogP contribution >= 0.6 is 0 Å². The maximum Gasteiger partial charge on any atom is 0.0372 e. The molecule has 0 unspecified atom stereocenters. The molecule has 0 saturated carbocycles. The lowest BCUT2D eigenvalue weighted by atomic mass is 10.1. The van der Waals surface area contributed by atoms with Crippen LogP contribution in [0.5, 0.6) is 0 Å². The molecule has 0 spiro atoms. The Labute approximate surface area is 80.4 Å². The van der Waals surface area contributed by atoms with Gasteiger partial charge in [-0.2, -0.15) is 0 Å². The van der Waals surface area contributed by atoms with Gasteiger partial charge in [-0.1, -0.05) is 6.07 Å². The standard InChI is InChI=1S/C11H18N2/c1-10-6-7-11(9-13-10)5-3-4-8-12-2/h6-7,9,12H,3-5,8H2,1-2H3. The number of nitrogens with zero attached hydrogens (tertiary/aromatic N) is 1. The molecule has 1 aromatic heterocycles. The average Bonchev–Trinajstić information content (AvgIpc) is 2.15. The third-order valence-corrected chi connectivity index (χ3v) is 2.11. The Kier molecular flexibility index (Phi) is 4.47. The number of nitrogens with one attached hydrogen (secondary N) is 1. The van der Waals surface area contributed by atoms with Crippen molar-refractivity contribution in [1.82, 2.24) is 10.3 Å². The quantitative estimate of drug-likeness (QED) is 0.697. The molecule has 0 aromatic carbocycles. The van der Waals surface area contributed by atoms with Crippen LogP contribution in [-0.2, 0) is 6.42 Å². The zero-order chi connectivity index (χ0) is 9.52. The summed E-state index contributed by atoms with van der Waals surface area (Å²) in [5.74, 6) is 0. The van der Waals surface area contributed by atoms with E-state index in [1.165, 1.54) is 18.4 Å². The van der Waals surface area contributed by atoms with Gasteiger partial charge in [0.15, 0.2) is 0 Å². The highest BCUT2D eigenvalue weighted by Gasteiger charge is 1.93. The molecular formula is C11H18N2. The van der Waals surface area contributed by atoms with Crippen molar-refractivity contribution in [3.63, 3.8) is 0 Å². The highest BCUT2D eigenvalue weighted by Crippen LogP contribution is 2.03. The molecule has 2 nitrogen and oxygen atoms in total. The number of hydrogen-bond donors (Lipinski definition) is 1. The molecule has 0 saturated heterocycles. The minimum absolute atomic E-state index is 1.10. The first-order valence-corrected chi connectivity index (χ1v) is 4.89. The summed E-state index contributed by atoms with van der Waals surface area (Å²) in [7, 11) is 1.99. The maximum absolute atomic E-state index is 4.26. The highest BCUT2D eigenvalue weighted by atomic mass is 14.8. The minimum atomic E-state index is 1.10. The summed E-state index contributed by atoms with van der Waals surface area (Å²) in [6.07, 6.45) is 5.61. The topological polar surface area (TPSA) is 24.9 Å². The monoisotopic (exact) mass is 178 g/mol. The van der Waals surface area contributed by atoms with Crippen LogP contribution in [0.4, 0.5) is 0 Å². The van der Waals surface area contributed by atoms with Crippen molar-refractivity contribution in [3.05, 3.63) is 29.6 Å². The lowest BCUT2D eigenvalue weighted by Crippen LogP contribution is -2.07. The summed E-state index contributed by atoms with van der Waals surface area (Å²) in [4.78, 5) is 4.26. The summed E-state index contributed by atoms with van der Waals surface area (Å²) in [6.45, 7) is 3.13. The van der Waals surface area contributed by atoms with Crippen LogP contribution in [0.2, 0.25) is 0 Å². The summed E-state index contributed by atoms with van der Waals surface area (Å²) in [5, 5.41) is 3.15. The zero-order valence-corrected chi connectivity index (χ0v) is 8.51. The number of aryl methyl sites for hydroxylation is 2. The number of pyridine rings is 1. The van der Waals surface area contributed by atoms with Crippen LogP contribution in [0.3, 0.4) is 0 Å². The normalized spacial score (nSPS) is 10.3. The first-order valence-electron chi connectivity index (χ1n) is 4.89. The zero-order valence-electron chi connectivity index (χ0n) is 8.51. The van der Waals surface area contributed by atoms with Crippen molar-refractivity contribution in [3.8, 4) is 0 Å². The van der Waals surface area contributed by atoms with Crippen molar-refractivity contribution in [2.75, 3.05) is 13.6 Å². The van der Waals surface area contributed by atoms with Gasteiger partial charge in [-0.05, 0) is 51.4 Å². The van der Waals surface area contributed by atoms with E-state index in [2.05, 4.69) is 22.4 Å². The maximum atomic E-state index is 4.26. The van der Waals surface area contributed by atoms with E-state index >= 15 is 0 Å². The molecule has 0 aliphatic rings. The molecule has 2 heteroatoms. The fraction of sp³-hybridized carbons (Fsp3) is 0.545. The van der Waals surface area contributed by atoms with Crippen LogP contribution in [-0.4, -0.2) is 18.6 Å². The second kappa shape index (κ2) is 5.70. The van der Waals surface area contributed by atoms with E-state index in [9.17, 15) is 0 Å². The number of hydrogen-bond acceptors (Lipinski definition) is 2. The number of rotatable bonds is 5. The Hall–Kier alpha value is -0.890. The lowest BCUT2D eigenvalue weighted by Gasteiger charge is -2.01. The van der Waals surface area contributed by atoms with Gasteiger partial charge in [0, 0.05) is 11.9 Å². The average molecular weight is 178 g/mol. The lowest BCUT2D eigenvalue weighted by molar-refractivity contribution is 0.676. The molecule has 13 heavy (non-hydrogen) atoms. The largest absolute Gasteiger partial charge is 0.320 e. The Bertz CT molecular complexity index is 228. The Morgan fingerprint density at radius 2 is 2.15 bits per heavy atom. The highest BCUT2D eigenvalue weighted by molar-refractivity contribution is 5.12. The molecular weight excluding hydrogens is 160 g/mol. The van der Waals surface area contributed by atoms with Gasteiger partial charge in [0.2, 0.25) is 0 Å². The molecule has 0 atom stereocenters. The molecule has 0 radical (unpaired) electrons. The van der Waals surface area contributed by atoms with E-state index in [0.717, 1.165) is 18.7 Å². The number of unbranched alkanes of at least 4 members (excludes halogenated alkanes) is 1. The van der Waals surface area contributed by atoms with E-state index in [-0.39, 0.29) is 0 Å². The van der Waals surface area contributed by atoms with Crippen LogP contribution < -0.4 is 5.32 Å². The van der Waals surface area contributed by atoms with Crippen molar-refractivity contribution < 1.29 is 0 Å². The van der Waals surface area contributed by atoms with Gasteiger partial charge in [-0.15, -0.1) is 0 Å². The predicted octanol–water partition coefficient (Wildman–Crippen LogP) is 1.93. The Balaban J connectivity index is 2.25. The molecule has 0 fully saturated rings. The summed E-state index contributed by atoms with van der Waals surface area (Å²) in [5.41, 5.74) is 2.45. The molecule has 0 aliphatic heterocycles. The van der Waals surface area contributed by atoms with E-state index in [0.29, 0.717) is 0 Å². The molecule has 0 amide bonds. The molecule has 0 aliphatic carbocycles. The van der Waals surface area contributed by atoms with Crippen LogP contribution in [0.15, 0.2) is 18.3 Å². The van der Waals surface area contributed by atoms with Crippen molar-refractivity contribution in [2.24, 2.45) is 0 Å². The van der Waals surface area contributed by atoms with Gasteiger partial charge in [0.1, 0.15) is 0 Å². The van der Waals surface area contributed by atoms with Gasteiger partial charge in [0.25, 0.3) is 0 Å². The molecule has 72 valence electrons. The van der Waals surface area contributed by atoms with Crippen LogP contribution in [0, 0.1) is 6.92 Å². The van der Waals surface area contributed by atoms with Gasteiger partial charge in [0.05, 0.1) is 0 Å². The van der Waals surface area contributed by atoms with Crippen molar-refractivity contribution >= 4 is 0 Å². The number of aromatic nitrogens is 1. The van der Waals surface area contributed by atoms with Gasteiger partial charge in [-0.25, -0.2) is 0 Å². The molecule has 1 rings (SSSR count).